The van der Waals surface area contributed by atoms with E-state index >= 15 is 0 Å². The van der Waals surface area contributed by atoms with Gasteiger partial charge in [0.05, 0.1) is 12.2 Å². The van der Waals surface area contributed by atoms with Gasteiger partial charge in [-0.2, -0.15) is 0 Å². The molecule has 2 rings (SSSR count). The first kappa shape index (κ1) is 14.8. The number of thiophene rings is 1. The number of aryl methyl sites for hydroxylation is 3. The molecule has 0 aromatic carbocycles. The summed E-state index contributed by atoms with van der Waals surface area (Å²) in [6.07, 6.45) is 2.19. The van der Waals surface area contributed by atoms with Crippen molar-refractivity contribution in [1.29, 1.82) is 0 Å². The minimum Gasteiger partial charge on any atom is -0.361 e. The van der Waals surface area contributed by atoms with E-state index in [0.29, 0.717) is 19.4 Å². The van der Waals surface area contributed by atoms with Gasteiger partial charge in [-0.1, -0.05) is 12.1 Å². The van der Waals surface area contributed by atoms with Crippen LogP contribution in [-0.4, -0.2) is 11.1 Å². The van der Waals surface area contributed by atoms with Gasteiger partial charge in [-0.15, -0.1) is 11.3 Å². The second-order valence-corrected chi connectivity index (χ2v) is 6.05. The lowest BCUT2D eigenvalue weighted by atomic mass is 10.1. The fourth-order valence-electron chi connectivity index (χ4n) is 2.08. The average Bonchev–Trinajstić information content (AvgIpc) is 3.02. The molecule has 4 nitrogen and oxygen atoms in total. The molecule has 108 valence electrons. The van der Waals surface area contributed by atoms with Gasteiger partial charge in [-0.25, -0.2) is 0 Å². The van der Waals surface area contributed by atoms with Crippen LogP contribution >= 0.6 is 11.3 Å². The van der Waals surface area contributed by atoms with E-state index in [0.717, 1.165) is 23.4 Å². The molecule has 0 fully saturated rings. The Kier molecular flexibility index (Phi) is 4.95. The Morgan fingerprint density at radius 1 is 1.35 bits per heavy atom. The van der Waals surface area contributed by atoms with Gasteiger partial charge in [0.1, 0.15) is 5.76 Å². The predicted molar refractivity (Wildman–Crippen MR) is 79.8 cm³/mol. The van der Waals surface area contributed by atoms with Crippen LogP contribution in [0.25, 0.3) is 0 Å². The van der Waals surface area contributed by atoms with Crippen LogP contribution in [0.3, 0.4) is 0 Å². The molecule has 1 N–H and O–H groups in total. The first-order valence-corrected chi connectivity index (χ1v) is 7.67. The van der Waals surface area contributed by atoms with Crippen LogP contribution < -0.4 is 5.32 Å². The maximum absolute atomic E-state index is 11.9. The van der Waals surface area contributed by atoms with E-state index < -0.39 is 0 Å². The zero-order valence-electron chi connectivity index (χ0n) is 12.2. The Bertz CT molecular complexity index is 567. The minimum atomic E-state index is 0.0662. The molecule has 0 saturated heterocycles. The van der Waals surface area contributed by atoms with E-state index in [2.05, 4.69) is 29.5 Å². The van der Waals surface area contributed by atoms with Gasteiger partial charge in [0.25, 0.3) is 0 Å². The summed E-state index contributed by atoms with van der Waals surface area (Å²) in [5.74, 6) is 0.873. The Labute approximate surface area is 123 Å². The van der Waals surface area contributed by atoms with Gasteiger partial charge in [-0.3, -0.25) is 4.79 Å². The summed E-state index contributed by atoms with van der Waals surface area (Å²) in [5, 5.41) is 6.85. The van der Waals surface area contributed by atoms with Crippen LogP contribution in [0.5, 0.6) is 0 Å². The fraction of sp³-hybridized carbons (Fsp3) is 0.467. The van der Waals surface area contributed by atoms with Crippen LogP contribution in [0.1, 0.15) is 40.1 Å². The number of hydrogen-bond acceptors (Lipinski definition) is 4. The Hall–Kier alpha value is -1.62. The van der Waals surface area contributed by atoms with Gasteiger partial charge in [-0.05, 0) is 38.8 Å². The van der Waals surface area contributed by atoms with E-state index in [1.165, 1.54) is 9.75 Å². The summed E-state index contributed by atoms with van der Waals surface area (Å²) in [4.78, 5) is 14.4. The molecule has 0 atom stereocenters. The number of carbonyl (C=O) groups excluding carboxylic acids is 1. The molecule has 1 amide bonds. The van der Waals surface area contributed by atoms with Crippen LogP contribution in [0.2, 0.25) is 0 Å². The molecule has 2 aromatic heterocycles. The predicted octanol–water partition coefficient (Wildman–Crippen LogP) is 3.16. The van der Waals surface area contributed by atoms with Crippen molar-refractivity contribution in [2.24, 2.45) is 0 Å². The number of hydrogen-bond donors (Lipinski definition) is 1. The third kappa shape index (κ3) is 3.70. The van der Waals surface area contributed by atoms with Gasteiger partial charge < -0.3 is 9.84 Å². The molecule has 20 heavy (non-hydrogen) atoms. The second-order valence-electron chi connectivity index (χ2n) is 4.80. The highest BCUT2D eigenvalue weighted by Gasteiger charge is 2.11. The molecule has 2 heterocycles. The maximum atomic E-state index is 11.9. The average molecular weight is 292 g/mol. The van der Waals surface area contributed by atoms with Crippen LogP contribution in [0, 0.1) is 13.8 Å². The largest absolute Gasteiger partial charge is 0.361 e. The summed E-state index contributed by atoms with van der Waals surface area (Å²) < 4.78 is 5.09. The highest BCUT2D eigenvalue weighted by molar-refractivity contribution is 7.11. The molecule has 0 unspecified atom stereocenters. The van der Waals surface area contributed by atoms with Gasteiger partial charge >= 0.3 is 0 Å². The van der Waals surface area contributed by atoms with Crippen molar-refractivity contribution in [3.8, 4) is 0 Å². The summed E-state index contributed by atoms with van der Waals surface area (Å²) in [6.45, 7) is 6.54. The van der Waals surface area contributed by atoms with Crippen molar-refractivity contribution < 1.29 is 9.32 Å². The maximum Gasteiger partial charge on any atom is 0.220 e. The van der Waals surface area contributed by atoms with E-state index in [4.69, 9.17) is 4.52 Å². The highest BCUT2D eigenvalue weighted by atomic mass is 32.1. The van der Waals surface area contributed by atoms with E-state index in [-0.39, 0.29) is 5.91 Å². The molecule has 0 bridgehead atoms. The van der Waals surface area contributed by atoms with Crippen molar-refractivity contribution in [3.63, 3.8) is 0 Å². The van der Waals surface area contributed by atoms with Crippen LogP contribution in [0.15, 0.2) is 16.7 Å². The molecule has 0 radical (unpaired) electrons. The summed E-state index contributed by atoms with van der Waals surface area (Å²) in [6, 6.07) is 4.20. The van der Waals surface area contributed by atoms with Crippen LogP contribution in [0.4, 0.5) is 0 Å². The lowest BCUT2D eigenvalue weighted by Gasteiger charge is -2.03. The standard InChI is InChI=1S/C15H20N2O2S/c1-4-12-5-6-13(20-12)9-16-15(18)8-7-14-10(2)17-19-11(14)3/h5-6H,4,7-9H2,1-3H3,(H,16,18). The van der Waals surface area contributed by atoms with E-state index in [9.17, 15) is 4.79 Å². The summed E-state index contributed by atoms with van der Waals surface area (Å²) in [5.41, 5.74) is 1.92. The number of nitrogens with one attached hydrogen (secondary N) is 1. The number of aromatic nitrogens is 1. The van der Waals surface area contributed by atoms with Crippen molar-refractivity contribution in [3.05, 3.63) is 38.9 Å². The van der Waals surface area contributed by atoms with Crippen LogP contribution in [-0.2, 0) is 24.2 Å². The number of carbonyl (C=O) groups is 1. The highest BCUT2D eigenvalue weighted by Crippen LogP contribution is 2.17. The molecule has 0 aliphatic carbocycles. The number of rotatable bonds is 6. The Balaban J connectivity index is 1.78. The quantitative estimate of drug-likeness (QED) is 0.889. The third-order valence-corrected chi connectivity index (χ3v) is 4.54. The molecule has 0 saturated carbocycles. The van der Waals surface area contributed by atoms with Crippen molar-refractivity contribution in [2.75, 3.05) is 0 Å². The third-order valence-electron chi connectivity index (χ3n) is 3.31. The van der Waals surface area contributed by atoms with E-state index in [1.54, 1.807) is 11.3 Å². The van der Waals surface area contributed by atoms with Crippen molar-refractivity contribution in [1.82, 2.24) is 10.5 Å². The first-order chi connectivity index (χ1) is 9.60. The molecule has 0 aliphatic heterocycles. The van der Waals surface area contributed by atoms with Gasteiger partial charge in [0.2, 0.25) is 5.91 Å². The minimum absolute atomic E-state index is 0.0662. The molecule has 2 aromatic rings. The van der Waals surface area contributed by atoms with Gasteiger partial charge in [0, 0.05) is 21.7 Å². The topological polar surface area (TPSA) is 55.1 Å². The molecule has 0 spiro atoms. The second kappa shape index (κ2) is 6.70. The molecular formula is C15H20N2O2S. The Morgan fingerprint density at radius 3 is 2.70 bits per heavy atom. The van der Waals surface area contributed by atoms with Crippen molar-refractivity contribution in [2.45, 2.75) is 46.6 Å². The molecule has 0 aliphatic rings. The first-order valence-electron chi connectivity index (χ1n) is 6.86. The number of nitrogens with zero attached hydrogens (tertiary/aromatic N) is 1. The SMILES string of the molecule is CCc1ccc(CNC(=O)CCc2c(C)noc2C)s1. The molecule has 5 heteroatoms. The number of amides is 1. The summed E-state index contributed by atoms with van der Waals surface area (Å²) >= 11 is 1.76. The normalized spacial score (nSPS) is 10.8. The molecular weight excluding hydrogens is 272 g/mol. The summed E-state index contributed by atoms with van der Waals surface area (Å²) in [7, 11) is 0. The zero-order valence-corrected chi connectivity index (χ0v) is 13.0. The lowest BCUT2D eigenvalue weighted by molar-refractivity contribution is -0.121. The lowest BCUT2D eigenvalue weighted by Crippen LogP contribution is -2.22. The van der Waals surface area contributed by atoms with E-state index in [1.807, 2.05) is 13.8 Å². The Morgan fingerprint density at radius 2 is 2.10 bits per heavy atom. The fourth-order valence-corrected chi connectivity index (χ4v) is 2.98. The zero-order chi connectivity index (χ0) is 14.5. The van der Waals surface area contributed by atoms with Gasteiger partial charge in [0.15, 0.2) is 0 Å². The smallest absolute Gasteiger partial charge is 0.220 e. The van der Waals surface area contributed by atoms with Crippen molar-refractivity contribution >= 4 is 17.2 Å². The monoisotopic (exact) mass is 292 g/mol.